The first-order valence-corrected chi connectivity index (χ1v) is 9.60. The van der Waals surface area contributed by atoms with Gasteiger partial charge in [-0.2, -0.15) is 0 Å². The second-order valence-corrected chi connectivity index (χ2v) is 8.08. The summed E-state index contributed by atoms with van der Waals surface area (Å²) >= 11 is 0. The van der Waals surface area contributed by atoms with Gasteiger partial charge >= 0.3 is 0 Å². The number of hydrogen-bond donors (Lipinski definition) is 0. The average Bonchev–Trinajstić information content (AvgIpc) is 3.31. The van der Waals surface area contributed by atoms with Crippen LogP contribution in [0, 0.1) is 11.8 Å². The van der Waals surface area contributed by atoms with E-state index in [0.29, 0.717) is 13.1 Å². The molecule has 0 aromatic carbocycles. The maximum Gasteiger partial charge on any atom is 0.230 e. The van der Waals surface area contributed by atoms with Crippen molar-refractivity contribution in [2.24, 2.45) is 11.8 Å². The molecule has 0 N–H and O–H groups in total. The molecule has 3 saturated heterocycles. The highest BCUT2D eigenvalue weighted by molar-refractivity contribution is 5.93. The van der Waals surface area contributed by atoms with Crippen LogP contribution in [0.2, 0.25) is 0 Å². The maximum atomic E-state index is 13.3. The smallest absolute Gasteiger partial charge is 0.230 e. The fraction of sp³-hybridized carbons (Fsp3) is 0.550. The lowest BCUT2D eigenvalue weighted by molar-refractivity contribution is -0.144. The molecule has 5 rings (SSSR count). The van der Waals surface area contributed by atoms with Crippen molar-refractivity contribution in [1.82, 2.24) is 19.7 Å². The van der Waals surface area contributed by atoms with Gasteiger partial charge in [-0.05, 0) is 18.7 Å². The summed E-state index contributed by atoms with van der Waals surface area (Å²) in [6, 6.07) is 3.84. The van der Waals surface area contributed by atoms with Crippen LogP contribution in [-0.2, 0) is 20.9 Å². The van der Waals surface area contributed by atoms with E-state index in [4.69, 9.17) is 4.74 Å². The van der Waals surface area contributed by atoms with Gasteiger partial charge in [0.2, 0.25) is 11.8 Å². The Hall–Kier alpha value is -2.25. The molecule has 7 nitrogen and oxygen atoms in total. The number of ether oxygens (including phenoxy) is 1. The second-order valence-electron chi connectivity index (χ2n) is 8.08. The summed E-state index contributed by atoms with van der Waals surface area (Å²) in [5.74, 6) is -0.708. The molecule has 4 aliphatic rings. The van der Waals surface area contributed by atoms with Crippen molar-refractivity contribution in [1.29, 1.82) is 0 Å². The van der Waals surface area contributed by atoms with E-state index < -0.39 is 17.4 Å². The highest BCUT2D eigenvalue weighted by Gasteiger charge is 2.67. The highest BCUT2D eigenvalue weighted by atomic mass is 16.5. The Bertz CT molecular complexity index is 790. The van der Waals surface area contributed by atoms with E-state index in [0.717, 1.165) is 31.7 Å². The van der Waals surface area contributed by atoms with Crippen molar-refractivity contribution in [2.45, 2.75) is 18.2 Å². The zero-order valence-corrected chi connectivity index (χ0v) is 15.5. The molecular formula is C20H24N4O3. The van der Waals surface area contributed by atoms with Gasteiger partial charge in [0.25, 0.3) is 0 Å². The van der Waals surface area contributed by atoms with Crippen LogP contribution in [0.5, 0.6) is 0 Å². The van der Waals surface area contributed by atoms with Crippen molar-refractivity contribution in [3.63, 3.8) is 0 Å². The lowest BCUT2D eigenvalue weighted by Gasteiger charge is -2.35. The molecule has 0 unspecified atom stereocenters. The molecule has 5 heterocycles. The number of pyridine rings is 1. The largest absolute Gasteiger partial charge is 0.360 e. The Morgan fingerprint density at radius 2 is 2.15 bits per heavy atom. The lowest BCUT2D eigenvalue weighted by Crippen LogP contribution is -2.52. The average molecular weight is 368 g/mol. The Morgan fingerprint density at radius 1 is 1.33 bits per heavy atom. The van der Waals surface area contributed by atoms with E-state index in [1.165, 1.54) is 0 Å². The van der Waals surface area contributed by atoms with Crippen LogP contribution in [0.3, 0.4) is 0 Å². The molecule has 4 atom stereocenters. The highest BCUT2D eigenvalue weighted by Crippen LogP contribution is 2.52. The SMILES string of the molecule is CN1CCN(C(=O)[C@H]2[C@@H]3C=C[C@@]4(CN(Cc5cccnc5)C(=O)[C@H]24)O3)CC1. The quantitative estimate of drug-likeness (QED) is 0.710. The minimum absolute atomic E-state index is 0.0261. The number of fused-ring (bicyclic) bond motifs is 1. The lowest BCUT2D eigenvalue weighted by atomic mass is 9.76. The Labute approximate surface area is 158 Å². The second kappa shape index (κ2) is 6.14. The summed E-state index contributed by atoms with van der Waals surface area (Å²) in [4.78, 5) is 36.6. The molecule has 7 heteroatoms. The monoisotopic (exact) mass is 368 g/mol. The molecule has 27 heavy (non-hydrogen) atoms. The van der Waals surface area contributed by atoms with Crippen LogP contribution < -0.4 is 0 Å². The van der Waals surface area contributed by atoms with Crippen LogP contribution in [0.25, 0.3) is 0 Å². The standard InChI is InChI=1S/C20H24N4O3/c1-22-7-9-23(10-8-22)18(25)16-15-4-5-20(27-15)13-24(19(26)17(16)20)12-14-3-2-6-21-11-14/h2-6,11,15-17H,7-10,12-13H2,1H3/t15-,16-,17-,20-/m0/s1. The number of aromatic nitrogens is 1. The predicted molar refractivity (Wildman–Crippen MR) is 97.5 cm³/mol. The Balaban J connectivity index is 1.38. The van der Waals surface area contributed by atoms with Crippen LogP contribution >= 0.6 is 0 Å². The van der Waals surface area contributed by atoms with Crippen molar-refractivity contribution < 1.29 is 14.3 Å². The molecular weight excluding hydrogens is 344 g/mol. The first kappa shape index (κ1) is 16.9. The number of likely N-dealkylation sites (tertiary alicyclic amines) is 1. The van der Waals surface area contributed by atoms with Crippen LogP contribution in [0.15, 0.2) is 36.7 Å². The van der Waals surface area contributed by atoms with Crippen molar-refractivity contribution >= 4 is 11.8 Å². The van der Waals surface area contributed by atoms with Crippen molar-refractivity contribution in [3.8, 4) is 0 Å². The molecule has 142 valence electrons. The van der Waals surface area contributed by atoms with Gasteiger partial charge in [-0.15, -0.1) is 0 Å². The number of amides is 2. The Morgan fingerprint density at radius 3 is 2.89 bits per heavy atom. The summed E-state index contributed by atoms with van der Waals surface area (Å²) in [6.45, 7) is 4.19. The number of nitrogens with zero attached hydrogens (tertiary/aromatic N) is 4. The zero-order valence-electron chi connectivity index (χ0n) is 15.5. The summed E-state index contributed by atoms with van der Waals surface area (Å²) in [5, 5.41) is 0. The summed E-state index contributed by atoms with van der Waals surface area (Å²) in [6.07, 6.45) is 7.22. The first-order chi connectivity index (χ1) is 13.1. The normalized spacial score (nSPS) is 35.1. The van der Waals surface area contributed by atoms with Gasteiger partial charge in [-0.3, -0.25) is 14.6 Å². The minimum Gasteiger partial charge on any atom is -0.360 e. The molecule has 0 aliphatic carbocycles. The molecule has 2 amide bonds. The first-order valence-electron chi connectivity index (χ1n) is 9.60. The maximum absolute atomic E-state index is 13.3. The summed E-state index contributed by atoms with van der Waals surface area (Å²) in [5.41, 5.74) is 0.347. The number of hydrogen-bond acceptors (Lipinski definition) is 5. The van der Waals surface area contributed by atoms with Gasteiger partial charge in [0, 0.05) is 45.1 Å². The number of piperazine rings is 1. The van der Waals surface area contributed by atoms with Crippen LogP contribution in [0.1, 0.15) is 5.56 Å². The van der Waals surface area contributed by atoms with E-state index in [9.17, 15) is 9.59 Å². The molecule has 0 saturated carbocycles. The van der Waals surface area contributed by atoms with Gasteiger partial charge in [-0.1, -0.05) is 18.2 Å². The molecule has 1 aromatic heterocycles. The number of carbonyl (C=O) groups excluding carboxylic acids is 2. The third-order valence-electron chi connectivity index (χ3n) is 6.38. The van der Waals surface area contributed by atoms with Gasteiger partial charge in [-0.25, -0.2) is 0 Å². The van der Waals surface area contributed by atoms with E-state index in [1.54, 1.807) is 12.4 Å². The summed E-state index contributed by atoms with van der Waals surface area (Å²) in [7, 11) is 2.07. The van der Waals surface area contributed by atoms with E-state index in [-0.39, 0.29) is 17.9 Å². The Kier molecular flexibility index (Phi) is 3.84. The third-order valence-corrected chi connectivity index (χ3v) is 6.38. The zero-order chi connectivity index (χ0) is 18.6. The molecule has 4 aliphatic heterocycles. The van der Waals surface area contributed by atoms with Gasteiger partial charge in [0.15, 0.2) is 0 Å². The minimum atomic E-state index is -0.642. The van der Waals surface area contributed by atoms with Crippen molar-refractivity contribution in [2.75, 3.05) is 39.8 Å². The number of rotatable bonds is 3. The molecule has 1 spiro atoms. The van der Waals surface area contributed by atoms with Gasteiger partial charge < -0.3 is 19.4 Å². The molecule has 3 fully saturated rings. The van der Waals surface area contributed by atoms with E-state index in [1.807, 2.05) is 34.1 Å². The summed E-state index contributed by atoms with van der Waals surface area (Å²) < 4.78 is 6.22. The van der Waals surface area contributed by atoms with Gasteiger partial charge in [0.05, 0.1) is 24.5 Å². The molecule has 0 radical (unpaired) electrons. The predicted octanol–water partition coefficient (Wildman–Crippen LogP) is 0.138. The number of carbonyl (C=O) groups is 2. The molecule has 2 bridgehead atoms. The topological polar surface area (TPSA) is 66.0 Å². The van der Waals surface area contributed by atoms with Crippen LogP contribution in [-0.4, -0.2) is 83.0 Å². The van der Waals surface area contributed by atoms with Gasteiger partial charge in [0.1, 0.15) is 5.60 Å². The fourth-order valence-electron chi connectivity index (χ4n) is 4.94. The van der Waals surface area contributed by atoms with E-state index in [2.05, 4.69) is 16.9 Å². The van der Waals surface area contributed by atoms with E-state index >= 15 is 0 Å². The molecule has 1 aromatic rings. The fourth-order valence-corrected chi connectivity index (χ4v) is 4.94. The van der Waals surface area contributed by atoms with Crippen molar-refractivity contribution in [3.05, 3.63) is 42.2 Å². The number of likely N-dealkylation sites (N-methyl/N-ethyl adjacent to an activating group) is 1. The third kappa shape index (κ3) is 2.60. The van der Waals surface area contributed by atoms with Crippen LogP contribution in [0.4, 0.5) is 0 Å².